The molecule has 4 nitrogen and oxygen atoms in total. The van der Waals surface area contributed by atoms with Crippen LogP contribution in [0.5, 0.6) is 0 Å². The van der Waals surface area contributed by atoms with Gasteiger partial charge >= 0.3 is 0 Å². The summed E-state index contributed by atoms with van der Waals surface area (Å²) in [6.45, 7) is 24.5. The summed E-state index contributed by atoms with van der Waals surface area (Å²) in [4.78, 5) is 8.40. The van der Waals surface area contributed by atoms with E-state index in [1.54, 1.807) is 0 Å². The molecule has 286 valence electrons. The van der Waals surface area contributed by atoms with E-state index >= 15 is 0 Å². The van der Waals surface area contributed by atoms with Gasteiger partial charge in [-0.15, -0.1) is 0 Å². The third kappa shape index (κ3) is 11.7. The predicted octanol–water partition coefficient (Wildman–Crippen LogP) is 9.82. The lowest BCUT2D eigenvalue weighted by Crippen LogP contribution is -2.55. The summed E-state index contributed by atoms with van der Waals surface area (Å²) < 4.78 is 0. The zero-order valence-corrected chi connectivity index (χ0v) is 34.1. The molecule has 2 heterocycles. The fraction of sp³-hybridized carbons (Fsp3) is 0.551. The van der Waals surface area contributed by atoms with Crippen LogP contribution in [-0.2, 0) is 19.3 Å². The Morgan fingerprint density at radius 3 is 1.81 bits per heavy atom. The largest absolute Gasteiger partial charge is 0.314 e. The normalized spacial score (nSPS) is 20.4. The molecule has 0 amide bonds. The van der Waals surface area contributed by atoms with Crippen LogP contribution in [0.3, 0.4) is 0 Å². The average molecular weight is 715 g/mol. The fourth-order valence-electron chi connectivity index (χ4n) is 9.10. The van der Waals surface area contributed by atoms with Crippen LogP contribution in [0.15, 0.2) is 91.0 Å². The molecule has 2 fully saturated rings. The minimum atomic E-state index is 0.521. The molecule has 0 radical (unpaired) electrons. The molecule has 2 aliphatic rings. The second-order valence-electron chi connectivity index (χ2n) is 17.7. The highest BCUT2D eigenvalue weighted by Crippen LogP contribution is 2.26. The summed E-state index contributed by atoms with van der Waals surface area (Å²) in [5, 5.41) is 6.42. The van der Waals surface area contributed by atoms with Crippen molar-refractivity contribution < 1.29 is 0 Å². The van der Waals surface area contributed by atoms with Gasteiger partial charge in [-0.3, -0.25) is 9.80 Å². The summed E-state index contributed by atoms with van der Waals surface area (Å²) >= 11 is 0. The Morgan fingerprint density at radius 1 is 0.604 bits per heavy atom. The maximum atomic E-state index is 3.72. The lowest BCUT2D eigenvalue weighted by molar-refractivity contribution is 0.0684. The van der Waals surface area contributed by atoms with Gasteiger partial charge in [-0.05, 0) is 101 Å². The highest BCUT2D eigenvalue weighted by atomic mass is 15.3. The van der Waals surface area contributed by atoms with Gasteiger partial charge in [-0.25, -0.2) is 0 Å². The van der Waals surface area contributed by atoms with Crippen LogP contribution in [0.2, 0.25) is 0 Å². The van der Waals surface area contributed by atoms with E-state index in [0.29, 0.717) is 35.8 Å². The zero-order valence-electron chi connectivity index (χ0n) is 34.1. The Kier molecular flexibility index (Phi) is 14.6. The first-order valence-electron chi connectivity index (χ1n) is 21.3. The lowest BCUT2D eigenvalue weighted by Gasteiger charge is -2.43. The molecule has 0 spiro atoms. The first-order chi connectivity index (χ1) is 25.7. The summed E-state index contributed by atoms with van der Waals surface area (Å²) in [7, 11) is 0. The molecule has 2 unspecified atom stereocenters. The number of nitrogens with zero attached hydrogens (tertiary/aromatic N) is 3. The molecule has 2 aliphatic heterocycles. The van der Waals surface area contributed by atoms with E-state index in [0.717, 1.165) is 52.1 Å². The highest BCUT2D eigenvalue weighted by molar-refractivity contribution is 5.83. The monoisotopic (exact) mass is 715 g/mol. The average Bonchev–Trinajstić information content (AvgIpc) is 3.15. The summed E-state index contributed by atoms with van der Waals surface area (Å²) in [6, 6.07) is 36.2. The molecule has 0 bridgehead atoms. The summed E-state index contributed by atoms with van der Waals surface area (Å²) in [6.07, 6.45) is 7.33. The molecular formula is C49H70N4. The maximum absolute atomic E-state index is 3.72. The molecule has 0 saturated carbocycles. The number of benzene rings is 4. The van der Waals surface area contributed by atoms with E-state index in [-0.39, 0.29) is 0 Å². The van der Waals surface area contributed by atoms with Crippen molar-refractivity contribution in [2.75, 3.05) is 58.9 Å². The van der Waals surface area contributed by atoms with Crippen molar-refractivity contribution >= 4 is 10.8 Å². The summed E-state index contributed by atoms with van der Waals surface area (Å²) in [5.41, 5.74) is 7.36. The number of hydrogen-bond acceptors (Lipinski definition) is 4. The van der Waals surface area contributed by atoms with Crippen LogP contribution in [0.25, 0.3) is 10.8 Å². The number of fused-ring (bicyclic) bond motifs is 1. The van der Waals surface area contributed by atoms with Gasteiger partial charge < -0.3 is 10.2 Å². The Hall–Kier alpha value is -3.02. The standard InChI is InChI=1S/C49H70N4/c1-37(2)29-41-14-19-44(20-15-41)39(5)34-52-26-24-50-33-48(52)13-9-10-25-51-27-28-53(35-40(6)45-21-16-42(17-22-45)30-38(3)4)49(36-51)32-43-18-23-46-11-7-8-12-47(46)31-43/h7-8,11-12,14-23,31,37-40,48-50H,9-10,13,24-30,32-36H2,1-6H3/t39?,40?,48-,49+/m0/s1. The van der Waals surface area contributed by atoms with Gasteiger partial charge in [0.2, 0.25) is 0 Å². The second-order valence-corrected chi connectivity index (χ2v) is 17.7. The van der Waals surface area contributed by atoms with Crippen molar-refractivity contribution in [2.45, 2.75) is 104 Å². The molecular weight excluding hydrogens is 645 g/mol. The molecule has 6 rings (SSSR count). The molecule has 0 aromatic heterocycles. The molecule has 4 atom stereocenters. The molecule has 1 N–H and O–H groups in total. The van der Waals surface area contributed by atoms with E-state index < -0.39 is 0 Å². The van der Waals surface area contributed by atoms with Crippen molar-refractivity contribution in [2.24, 2.45) is 11.8 Å². The van der Waals surface area contributed by atoms with Crippen molar-refractivity contribution in [1.29, 1.82) is 0 Å². The number of unbranched alkanes of at least 4 members (excludes halogenated alkanes) is 1. The maximum Gasteiger partial charge on any atom is 0.0264 e. The SMILES string of the molecule is CC(C)Cc1ccc(C(C)CN2CCN(CCCC[C@H]3CNCCN3CC(C)c3ccc(CC(C)C)cc3)C[C@H]2Cc2ccc3ccccc3c2)cc1. The molecule has 53 heavy (non-hydrogen) atoms. The first-order valence-corrected chi connectivity index (χ1v) is 21.3. The third-order valence-corrected chi connectivity index (χ3v) is 12.1. The fourth-order valence-corrected chi connectivity index (χ4v) is 9.10. The number of nitrogens with one attached hydrogen (secondary N) is 1. The molecule has 2 saturated heterocycles. The van der Waals surface area contributed by atoms with Crippen molar-refractivity contribution in [1.82, 2.24) is 20.0 Å². The number of rotatable bonds is 17. The smallest absolute Gasteiger partial charge is 0.0264 e. The van der Waals surface area contributed by atoms with Gasteiger partial charge in [-0.2, -0.15) is 0 Å². The van der Waals surface area contributed by atoms with Gasteiger partial charge in [0.1, 0.15) is 0 Å². The molecule has 0 aliphatic carbocycles. The minimum Gasteiger partial charge on any atom is -0.314 e. The van der Waals surface area contributed by atoms with Gasteiger partial charge in [-0.1, -0.05) is 139 Å². The zero-order chi connectivity index (χ0) is 37.2. The van der Waals surface area contributed by atoms with Crippen LogP contribution < -0.4 is 5.32 Å². The van der Waals surface area contributed by atoms with Crippen LogP contribution in [-0.4, -0.2) is 85.7 Å². The lowest BCUT2D eigenvalue weighted by atomic mass is 9.94. The van der Waals surface area contributed by atoms with Gasteiger partial charge in [0.25, 0.3) is 0 Å². The molecule has 4 aromatic rings. The van der Waals surface area contributed by atoms with E-state index in [4.69, 9.17) is 0 Å². The van der Waals surface area contributed by atoms with E-state index in [1.807, 2.05) is 0 Å². The molecule has 4 aromatic carbocycles. The third-order valence-electron chi connectivity index (χ3n) is 12.1. The van der Waals surface area contributed by atoms with Crippen molar-refractivity contribution in [3.63, 3.8) is 0 Å². The van der Waals surface area contributed by atoms with E-state index in [1.165, 1.54) is 83.9 Å². The quantitative estimate of drug-likeness (QED) is 0.110. The van der Waals surface area contributed by atoms with Crippen molar-refractivity contribution in [3.8, 4) is 0 Å². The topological polar surface area (TPSA) is 21.8 Å². The highest BCUT2D eigenvalue weighted by Gasteiger charge is 2.29. The van der Waals surface area contributed by atoms with Crippen LogP contribution in [0, 0.1) is 11.8 Å². The van der Waals surface area contributed by atoms with Gasteiger partial charge in [0.15, 0.2) is 0 Å². The Morgan fingerprint density at radius 2 is 1.19 bits per heavy atom. The summed E-state index contributed by atoms with van der Waals surface area (Å²) in [5.74, 6) is 2.49. The minimum absolute atomic E-state index is 0.521. The van der Waals surface area contributed by atoms with Crippen LogP contribution in [0.1, 0.15) is 100 Å². The Labute approximate surface area is 323 Å². The Balaban J connectivity index is 1.03. The predicted molar refractivity (Wildman–Crippen MR) is 228 cm³/mol. The number of hydrogen-bond donors (Lipinski definition) is 1. The number of piperazine rings is 2. The van der Waals surface area contributed by atoms with E-state index in [9.17, 15) is 0 Å². The van der Waals surface area contributed by atoms with Crippen LogP contribution in [0.4, 0.5) is 0 Å². The second kappa shape index (κ2) is 19.5. The molecule has 4 heteroatoms. The first kappa shape index (κ1) is 39.7. The van der Waals surface area contributed by atoms with Gasteiger partial charge in [0, 0.05) is 64.4 Å². The van der Waals surface area contributed by atoms with Crippen molar-refractivity contribution in [3.05, 3.63) is 119 Å². The van der Waals surface area contributed by atoms with Gasteiger partial charge in [0.05, 0.1) is 0 Å². The Bertz CT molecular complexity index is 1660. The van der Waals surface area contributed by atoms with E-state index in [2.05, 4.69) is 153 Å². The van der Waals surface area contributed by atoms with Crippen LogP contribution >= 0.6 is 0 Å².